The van der Waals surface area contributed by atoms with Crippen LogP contribution in [0.3, 0.4) is 0 Å². The number of nitrogens with two attached hydrogens (primary N) is 1. The Kier molecular flexibility index (Phi) is 1.85. The molecule has 0 aliphatic carbocycles. The summed E-state index contributed by atoms with van der Waals surface area (Å²) in [4.78, 5) is 4.11. The third-order valence-electron chi connectivity index (χ3n) is 2.91. The highest BCUT2D eigenvalue weighted by Crippen LogP contribution is 2.34. The molecule has 16 heavy (non-hydrogen) atoms. The SMILES string of the molecule is Cn1c2cccc(Cl)c2c2ccnc(N)c21. The van der Waals surface area contributed by atoms with Gasteiger partial charge in [-0.15, -0.1) is 0 Å². The summed E-state index contributed by atoms with van der Waals surface area (Å²) in [5, 5.41) is 2.83. The highest BCUT2D eigenvalue weighted by Gasteiger charge is 2.12. The van der Waals surface area contributed by atoms with E-state index in [-0.39, 0.29) is 0 Å². The second kappa shape index (κ2) is 3.12. The van der Waals surface area contributed by atoms with Crippen molar-refractivity contribution in [3.05, 3.63) is 35.5 Å². The Labute approximate surface area is 97.4 Å². The molecule has 2 aromatic heterocycles. The molecule has 2 heterocycles. The molecular weight excluding hydrogens is 222 g/mol. The van der Waals surface area contributed by atoms with Gasteiger partial charge in [-0.25, -0.2) is 4.98 Å². The van der Waals surface area contributed by atoms with Gasteiger partial charge in [0, 0.05) is 24.0 Å². The van der Waals surface area contributed by atoms with Crippen LogP contribution in [-0.2, 0) is 7.05 Å². The molecule has 0 fully saturated rings. The van der Waals surface area contributed by atoms with E-state index in [2.05, 4.69) is 4.98 Å². The van der Waals surface area contributed by atoms with Crippen LogP contribution in [0, 0.1) is 0 Å². The van der Waals surface area contributed by atoms with Gasteiger partial charge in [-0.1, -0.05) is 17.7 Å². The summed E-state index contributed by atoms with van der Waals surface area (Å²) in [7, 11) is 1.97. The van der Waals surface area contributed by atoms with E-state index in [4.69, 9.17) is 17.3 Å². The molecule has 0 aliphatic rings. The van der Waals surface area contributed by atoms with Crippen molar-refractivity contribution in [3.63, 3.8) is 0 Å². The van der Waals surface area contributed by atoms with Gasteiger partial charge in [-0.2, -0.15) is 0 Å². The summed E-state index contributed by atoms with van der Waals surface area (Å²) < 4.78 is 2.03. The largest absolute Gasteiger partial charge is 0.382 e. The lowest BCUT2D eigenvalue weighted by atomic mass is 10.2. The topological polar surface area (TPSA) is 43.8 Å². The summed E-state index contributed by atoms with van der Waals surface area (Å²) in [5.41, 5.74) is 7.90. The predicted octanol–water partition coefficient (Wildman–Crippen LogP) is 2.96. The Hall–Kier alpha value is -1.74. The van der Waals surface area contributed by atoms with Crippen LogP contribution in [0.4, 0.5) is 5.82 Å². The van der Waals surface area contributed by atoms with E-state index in [1.807, 2.05) is 35.9 Å². The Morgan fingerprint density at radius 2 is 2.12 bits per heavy atom. The molecule has 3 rings (SSSR count). The molecule has 0 atom stereocenters. The van der Waals surface area contributed by atoms with Gasteiger partial charge >= 0.3 is 0 Å². The summed E-state index contributed by atoms with van der Waals surface area (Å²) in [5.74, 6) is 0.535. The van der Waals surface area contributed by atoms with E-state index in [9.17, 15) is 0 Å². The zero-order valence-corrected chi connectivity index (χ0v) is 9.49. The number of hydrogen-bond donors (Lipinski definition) is 1. The van der Waals surface area contributed by atoms with Gasteiger partial charge in [0.2, 0.25) is 0 Å². The Balaban J connectivity index is 2.71. The molecule has 1 aromatic carbocycles. The molecule has 0 spiro atoms. The minimum atomic E-state index is 0.535. The quantitative estimate of drug-likeness (QED) is 0.647. The zero-order valence-electron chi connectivity index (χ0n) is 8.74. The fourth-order valence-corrected chi connectivity index (χ4v) is 2.48. The van der Waals surface area contributed by atoms with E-state index < -0.39 is 0 Å². The molecule has 0 aliphatic heterocycles. The van der Waals surface area contributed by atoms with Crippen molar-refractivity contribution in [2.45, 2.75) is 0 Å². The van der Waals surface area contributed by atoms with E-state index in [1.165, 1.54) is 0 Å². The summed E-state index contributed by atoms with van der Waals surface area (Å²) in [6.45, 7) is 0. The van der Waals surface area contributed by atoms with Gasteiger partial charge in [0.05, 0.1) is 16.1 Å². The van der Waals surface area contributed by atoms with Crippen molar-refractivity contribution < 1.29 is 0 Å². The van der Waals surface area contributed by atoms with Gasteiger partial charge in [0.1, 0.15) is 5.82 Å². The van der Waals surface area contributed by atoms with Crippen LogP contribution in [0.5, 0.6) is 0 Å². The predicted molar refractivity (Wildman–Crippen MR) is 67.6 cm³/mol. The van der Waals surface area contributed by atoms with Gasteiger partial charge < -0.3 is 10.3 Å². The lowest BCUT2D eigenvalue weighted by molar-refractivity contribution is 1.01. The van der Waals surface area contributed by atoms with Crippen LogP contribution in [0.25, 0.3) is 21.8 Å². The molecule has 0 bridgehead atoms. The van der Waals surface area contributed by atoms with E-state index in [1.54, 1.807) is 6.20 Å². The van der Waals surface area contributed by atoms with Crippen molar-refractivity contribution in [3.8, 4) is 0 Å². The van der Waals surface area contributed by atoms with Gasteiger partial charge in [0.15, 0.2) is 0 Å². The van der Waals surface area contributed by atoms with Crippen LogP contribution in [0.1, 0.15) is 0 Å². The van der Waals surface area contributed by atoms with E-state index in [0.717, 1.165) is 26.8 Å². The van der Waals surface area contributed by atoms with Crippen LogP contribution in [0.15, 0.2) is 30.5 Å². The second-order valence-electron chi connectivity index (χ2n) is 3.79. The number of rotatable bonds is 0. The van der Waals surface area contributed by atoms with Crippen LogP contribution < -0.4 is 5.73 Å². The maximum atomic E-state index is 6.23. The normalized spacial score (nSPS) is 11.4. The zero-order chi connectivity index (χ0) is 11.3. The summed E-state index contributed by atoms with van der Waals surface area (Å²) >= 11 is 6.23. The Bertz CT molecular complexity index is 700. The molecular formula is C12H10ClN3. The third kappa shape index (κ3) is 1.06. The lowest BCUT2D eigenvalue weighted by Gasteiger charge is -1.99. The van der Waals surface area contributed by atoms with Crippen LogP contribution in [-0.4, -0.2) is 9.55 Å². The molecule has 0 saturated carbocycles. The number of anilines is 1. The number of aromatic nitrogens is 2. The first kappa shape index (κ1) is 9.48. The molecule has 3 aromatic rings. The standard InChI is InChI=1S/C12H10ClN3/c1-16-9-4-2-3-8(13)10(9)7-5-6-15-12(14)11(7)16/h2-6H,1H3,(H2,14,15). The smallest absolute Gasteiger partial charge is 0.147 e. The minimum Gasteiger partial charge on any atom is -0.382 e. The first-order valence-electron chi connectivity index (χ1n) is 4.97. The summed E-state index contributed by atoms with van der Waals surface area (Å²) in [6.07, 6.45) is 1.71. The Morgan fingerprint density at radius 1 is 1.31 bits per heavy atom. The second-order valence-corrected chi connectivity index (χ2v) is 4.19. The van der Waals surface area contributed by atoms with E-state index in [0.29, 0.717) is 5.82 Å². The molecule has 4 heteroatoms. The van der Waals surface area contributed by atoms with Gasteiger partial charge in [-0.3, -0.25) is 0 Å². The number of nitrogen functional groups attached to an aromatic ring is 1. The van der Waals surface area contributed by atoms with Crippen molar-refractivity contribution in [2.75, 3.05) is 5.73 Å². The number of halogens is 1. The number of hydrogen-bond acceptors (Lipinski definition) is 2. The molecule has 80 valence electrons. The maximum Gasteiger partial charge on any atom is 0.147 e. The first-order valence-corrected chi connectivity index (χ1v) is 5.35. The average Bonchev–Trinajstić information content (AvgIpc) is 2.56. The first-order chi connectivity index (χ1) is 7.70. The fourth-order valence-electron chi connectivity index (χ4n) is 2.20. The van der Waals surface area contributed by atoms with Crippen molar-refractivity contribution >= 4 is 39.2 Å². The lowest BCUT2D eigenvalue weighted by Crippen LogP contribution is -1.95. The number of benzene rings is 1. The fraction of sp³-hybridized carbons (Fsp3) is 0.0833. The molecule has 0 saturated heterocycles. The maximum absolute atomic E-state index is 6.23. The monoisotopic (exact) mass is 231 g/mol. The Morgan fingerprint density at radius 3 is 2.94 bits per heavy atom. The molecule has 0 radical (unpaired) electrons. The molecule has 2 N–H and O–H groups in total. The van der Waals surface area contributed by atoms with Crippen molar-refractivity contribution in [2.24, 2.45) is 7.05 Å². The summed E-state index contributed by atoms with van der Waals surface area (Å²) in [6, 6.07) is 7.80. The van der Waals surface area contributed by atoms with Crippen LogP contribution >= 0.6 is 11.6 Å². The molecule has 0 unspecified atom stereocenters. The van der Waals surface area contributed by atoms with E-state index >= 15 is 0 Å². The number of pyridine rings is 1. The third-order valence-corrected chi connectivity index (χ3v) is 3.23. The van der Waals surface area contributed by atoms with Crippen molar-refractivity contribution in [1.82, 2.24) is 9.55 Å². The number of nitrogens with zero attached hydrogens (tertiary/aromatic N) is 2. The van der Waals surface area contributed by atoms with Crippen molar-refractivity contribution in [1.29, 1.82) is 0 Å². The highest BCUT2D eigenvalue weighted by molar-refractivity contribution is 6.38. The minimum absolute atomic E-state index is 0.535. The average molecular weight is 232 g/mol. The van der Waals surface area contributed by atoms with Gasteiger partial charge in [0.25, 0.3) is 0 Å². The van der Waals surface area contributed by atoms with Crippen LogP contribution in [0.2, 0.25) is 5.02 Å². The molecule has 0 amide bonds. The molecule has 3 nitrogen and oxygen atoms in total. The number of fused-ring (bicyclic) bond motifs is 3. The number of aryl methyl sites for hydroxylation is 1. The highest BCUT2D eigenvalue weighted by atomic mass is 35.5. The van der Waals surface area contributed by atoms with Gasteiger partial charge in [-0.05, 0) is 18.2 Å².